The van der Waals surface area contributed by atoms with E-state index in [1.54, 1.807) is 18.9 Å². The molecule has 0 radical (unpaired) electrons. The van der Waals surface area contributed by atoms with Gasteiger partial charge in [0.1, 0.15) is 0 Å². The van der Waals surface area contributed by atoms with Gasteiger partial charge in [0.2, 0.25) is 5.91 Å². The molecule has 0 bridgehead atoms. The zero-order chi connectivity index (χ0) is 15.3. The molecular formula is C13H16Cl2N4O. The summed E-state index contributed by atoms with van der Waals surface area (Å²) in [5, 5.41) is 11.8. The number of rotatable bonds is 5. The Morgan fingerprint density at radius 3 is 2.55 bits per heavy atom. The van der Waals surface area contributed by atoms with Gasteiger partial charge in [0.05, 0.1) is 27.8 Å². The zero-order valence-electron chi connectivity index (χ0n) is 11.3. The van der Waals surface area contributed by atoms with Crippen molar-refractivity contribution in [2.75, 3.05) is 24.6 Å². The molecule has 0 fully saturated rings. The summed E-state index contributed by atoms with van der Waals surface area (Å²) in [4.78, 5) is 13.9. The number of nitrogen functional groups attached to an aromatic ring is 1. The Morgan fingerprint density at radius 1 is 1.50 bits per heavy atom. The highest BCUT2D eigenvalue weighted by Gasteiger charge is 2.20. The van der Waals surface area contributed by atoms with Crippen molar-refractivity contribution in [3.05, 3.63) is 22.2 Å². The molecule has 7 heteroatoms. The van der Waals surface area contributed by atoms with Gasteiger partial charge < -0.3 is 11.1 Å². The molecular weight excluding hydrogens is 299 g/mol. The fourth-order valence-corrected chi connectivity index (χ4v) is 2.16. The summed E-state index contributed by atoms with van der Waals surface area (Å²) in [5.74, 6) is -0.251. The van der Waals surface area contributed by atoms with Crippen LogP contribution in [0.25, 0.3) is 0 Å². The highest BCUT2D eigenvalue weighted by Crippen LogP contribution is 2.32. The van der Waals surface area contributed by atoms with Crippen LogP contribution in [-0.2, 0) is 4.79 Å². The molecule has 20 heavy (non-hydrogen) atoms. The fraction of sp³-hybridized carbons (Fsp3) is 0.385. The quantitative estimate of drug-likeness (QED) is 0.819. The standard InChI is InChI=1S/C13H16Cl2N4O/c1-8(19(2)5-3-4-16)13(20)18-12-10(14)6-9(17)7-11(12)15/h6-8H,3,5,17H2,1-2H3,(H,18,20). The number of halogens is 2. The molecule has 1 aromatic carbocycles. The molecule has 0 saturated heterocycles. The molecule has 108 valence electrons. The van der Waals surface area contributed by atoms with E-state index in [9.17, 15) is 4.79 Å². The van der Waals surface area contributed by atoms with Crippen molar-refractivity contribution >= 4 is 40.5 Å². The van der Waals surface area contributed by atoms with Crippen molar-refractivity contribution in [1.29, 1.82) is 5.26 Å². The van der Waals surface area contributed by atoms with E-state index in [0.717, 1.165) is 0 Å². The van der Waals surface area contributed by atoms with E-state index in [0.29, 0.717) is 24.3 Å². The van der Waals surface area contributed by atoms with Crippen molar-refractivity contribution in [2.45, 2.75) is 19.4 Å². The maximum atomic E-state index is 12.1. The Morgan fingerprint density at radius 2 is 2.05 bits per heavy atom. The first-order chi connectivity index (χ1) is 9.36. The largest absolute Gasteiger partial charge is 0.399 e. The highest BCUT2D eigenvalue weighted by atomic mass is 35.5. The van der Waals surface area contributed by atoms with Crippen LogP contribution >= 0.6 is 23.2 Å². The van der Waals surface area contributed by atoms with Crippen LogP contribution in [0.2, 0.25) is 10.0 Å². The van der Waals surface area contributed by atoms with Crippen LogP contribution in [0.4, 0.5) is 11.4 Å². The Bertz CT molecular complexity index is 519. The Labute approximate surface area is 128 Å². The number of anilines is 2. The number of nitrogens with two attached hydrogens (primary N) is 1. The van der Waals surface area contributed by atoms with Crippen molar-refractivity contribution < 1.29 is 4.79 Å². The lowest BCUT2D eigenvalue weighted by Crippen LogP contribution is -2.40. The molecule has 3 N–H and O–H groups in total. The summed E-state index contributed by atoms with van der Waals surface area (Å²) in [6, 6.07) is 4.67. The summed E-state index contributed by atoms with van der Waals surface area (Å²) in [5.41, 5.74) is 6.37. The van der Waals surface area contributed by atoms with Gasteiger partial charge in [-0.25, -0.2) is 0 Å². The maximum absolute atomic E-state index is 12.1. The fourth-order valence-electron chi connectivity index (χ4n) is 1.56. The molecule has 1 aromatic rings. The lowest BCUT2D eigenvalue weighted by atomic mass is 10.2. The number of nitriles is 1. The number of benzene rings is 1. The van der Waals surface area contributed by atoms with Gasteiger partial charge in [-0.15, -0.1) is 0 Å². The highest BCUT2D eigenvalue weighted by molar-refractivity contribution is 6.40. The Hall–Kier alpha value is -1.48. The summed E-state index contributed by atoms with van der Waals surface area (Å²) in [7, 11) is 1.77. The van der Waals surface area contributed by atoms with Crippen molar-refractivity contribution in [1.82, 2.24) is 4.90 Å². The van der Waals surface area contributed by atoms with Crippen LogP contribution in [0, 0.1) is 11.3 Å². The summed E-state index contributed by atoms with van der Waals surface area (Å²) in [6.07, 6.45) is 0.359. The second-order valence-electron chi connectivity index (χ2n) is 4.41. The second-order valence-corrected chi connectivity index (χ2v) is 5.23. The average Bonchev–Trinajstić information content (AvgIpc) is 2.38. The minimum Gasteiger partial charge on any atom is -0.399 e. The molecule has 0 aromatic heterocycles. The van der Waals surface area contributed by atoms with Gasteiger partial charge in [-0.1, -0.05) is 23.2 Å². The van der Waals surface area contributed by atoms with E-state index >= 15 is 0 Å². The smallest absolute Gasteiger partial charge is 0.241 e. The number of likely N-dealkylation sites (N-methyl/N-ethyl adjacent to an activating group) is 1. The van der Waals surface area contributed by atoms with Crippen molar-refractivity contribution in [2.24, 2.45) is 0 Å². The molecule has 1 unspecified atom stereocenters. The molecule has 0 aliphatic rings. The van der Waals surface area contributed by atoms with E-state index in [1.807, 2.05) is 6.07 Å². The van der Waals surface area contributed by atoms with E-state index in [4.69, 9.17) is 34.2 Å². The third kappa shape index (κ3) is 4.27. The van der Waals surface area contributed by atoms with E-state index in [2.05, 4.69) is 5.32 Å². The Balaban J connectivity index is 2.79. The number of hydrogen-bond donors (Lipinski definition) is 2. The predicted octanol–water partition coefficient (Wildman–Crippen LogP) is 2.75. The number of carbonyl (C=O) groups excluding carboxylic acids is 1. The van der Waals surface area contributed by atoms with Crippen LogP contribution in [-0.4, -0.2) is 30.4 Å². The van der Waals surface area contributed by atoms with Gasteiger partial charge in [0, 0.05) is 18.7 Å². The van der Waals surface area contributed by atoms with Gasteiger partial charge in [-0.3, -0.25) is 9.69 Å². The first-order valence-electron chi connectivity index (χ1n) is 5.99. The van der Waals surface area contributed by atoms with Gasteiger partial charge in [-0.2, -0.15) is 5.26 Å². The topological polar surface area (TPSA) is 82.2 Å². The van der Waals surface area contributed by atoms with Gasteiger partial charge in [-0.05, 0) is 26.1 Å². The van der Waals surface area contributed by atoms with Crippen molar-refractivity contribution in [3.63, 3.8) is 0 Å². The number of hydrogen-bond acceptors (Lipinski definition) is 4. The average molecular weight is 315 g/mol. The molecule has 0 aliphatic heterocycles. The maximum Gasteiger partial charge on any atom is 0.241 e. The first-order valence-corrected chi connectivity index (χ1v) is 6.75. The van der Waals surface area contributed by atoms with Gasteiger partial charge in [0.15, 0.2) is 0 Å². The minimum atomic E-state index is -0.409. The normalized spacial score (nSPS) is 12.0. The molecule has 1 rings (SSSR count). The minimum absolute atomic E-state index is 0.251. The lowest BCUT2D eigenvalue weighted by molar-refractivity contribution is -0.120. The van der Waals surface area contributed by atoms with Gasteiger partial charge in [0.25, 0.3) is 0 Å². The third-order valence-corrected chi connectivity index (χ3v) is 3.53. The molecule has 0 heterocycles. The number of carbonyl (C=O) groups is 1. The van der Waals surface area contributed by atoms with Crippen LogP contribution < -0.4 is 11.1 Å². The molecule has 1 atom stereocenters. The van der Waals surface area contributed by atoms with E-state index in [1.165, 1.54) is 12.1 Å². The SMILES string of the molecule is CC(C(=O)Nc1c(Cl)cc(N)cc1Cl)N(C)CCC#N. The van der Waals surface area contributed by atoms with Gasteiger partial charge >= 0.3 is 0 Å². The number of nitrogens with zero attached hydrogens (tertiary/aromatic N) is 2. The second kappa shape index (κ2) is 7.34. The van der Waals surface area contributed by atoms with Crippen LogP contribution in [0.3, 0.4) is 0 Å². The van der Waals surface area contributed by atoms with Crippen LogP contribution in [0.15, 0.2) is 12.1 Å². The number of nitrogens with one attached hydrogen (secondary N) is 1. The molecule has 0 saturated carbocycles. The molecule has 0 aliphatic carbocycles. The zero-order valence-corrected chi connectivity index (χ0v) is 12.8. The monoisotopic (exact) mass is 314 g/mol. The van der Waals surface area contributed by atoms with E-state index in [-0.39, 0.29) is 16.0 Å². The van der Waals surface area contributed by atoms with Crippen LogP contribution in [0.5, 0.6) is 0 Å². The third-order valence-electron chi connectivity index (χ3n) is 2.93. The summed E-state index contributed by atoms with van der Waals surface area (Å²) >= 11 is 12.0. The summed E-state index contributed by atoms with van der Waals surface area (Å²) in [6.45, 7) is 2.25. The lowest BCUT2D eigenvalue weighted by Gasteiger charge is -2.23. The van der Waals surface area contributed by atoms with Crippen LogP contribution in [0.1, 0.15) is 13.3 Å². The first kappa shape index (κ1) is 16.6. The van der Waals surface area contributed by atoms with Crippen molar-refractivity contribution in [3.8, 4) is 6.07 Å². The van der Waals surface area contributed by atoms with E-state index < -0.39 is 6.04 Å². The predicted molar refractivity (Wildman–Crippen MR) is 81.8 cm³/mol. The molecule has 0 spiro atoms. The molecule has 5 nitrogen and oxygen atoms in total. The number of amides is 1. The Kier molecular flexibility index (Phi) is 6.08. The summed E-state index contributed by atoms with van der Waals surface area (Å²) < 4.78 is 0. The molecule has 1 amide bonds.